The Hall–Kier alpha value is -0.470. The summed E-state index contributed by atoms with van der Waals surface area (Å²) < 4.78 is 35.8. The second-order valence-electron chi connectivity index (χ2n) is 2.71. The van der Waals surface area contributed by atoms with Crippen LogP contribution in [0.2, 0.25) is 0 Å². The SMILES string of the molecule is C=C(C(C)CCC)C(F)(F)F. The zero-order valence-electron chi connectivity index (χ0n) is 6.83. The van der Waals surface area contributed by atoms with E-state index in [2.05, 4.69) is 6.58 Å². The Labute approximate surface area is 65.1 Å². The van der Waals surface area contributed by atoms with Crippen LogP contribution in [0.1, 0.15) is 26.7 Å². The van der Waals surface area contributed by atoms with Crippen LogP contribution in [0.15, 0.2) is 12.2 Å². The molecule has 3 heteroatoms. The average molecular weight is 166 g/mol. The molecule has 0 aromatic carbocycles. The third kappa shape index (κ3) is 3.44. The summed E-state index contributed by atoms with van der Waals surface area (Å²) in [5, 5.41) is 0. The molecule has 1 unspecified atom stereocenters. The van der Waals surface area contributed by atoms with E-state index in [0.29, 0.717) is 6.42 Å². The Morgan fingerprint density at radius 2 is 1.91 bits per heavy atom. The van der Waals surface area contributed by atoms with Crippen LogP contribution in [0.4, 0.5) is 13.2 Å². The van der Waals surface area contributed by atoms with Gasteiger partial charge < -0.3 is 0 Å². The summed E-state index contributed by atoms with van der Waals surface area (Å²) in [6.45, 7) is 6.44. The number of hydrogen-bond acceptors (Lipinski definition) is 0. The van der Waals surface area contributed by atoms with Crippen molar-refractivity contribution in [3.63, 3.8) is 0 Å². The minimum Gasteiger partial charge on any atom is -0.166 e. The summed E-state index contributed by atoms with van der Waals surface area (Å²) in [6, 6.07) is 0. The molecule has 0 nitrogen and oxygen atoms in total. The molecule has 0 saturated carbocycles. The molecule has 11 heavy (non-hydrogen) atoms. The van der Waals surface area contributed by atoms with E-state index in [0.717, 1.165) is 6.42 Å². The van der Waals surface area contributed by atoms with Crippen LogP contribution in [0.25, 0.3) is 0 Å². The van der Waals surface area contributed by atoms with Crippen molar-refractivity contribution in [2.75, 3.05) is 0 Å². The highest BCUT2D eigenvalue weighted by atomic mass is 19.4. The quantitative estimate of drug-likeness (QED) is 0.562. The number of rotatable bonds is 3. The van der Waals surface area contributed by atoms with E-state index in [-0.39, 0.29) is 0 Å². The van der Waals surface area contributed by atoms with E-state index in [9.17, 15) is 13.2 Å². The minimum absolute atomic E-state index is 0.444. The van der Waals surface area contributed by atoms with Crippen molar-refractivity contribution < 1.29 is 13.2 Å². The maximum atomic E-state index is 11.9. The number of allylic oxidation sites excluding steroid dienone is 1. The average Bonchev–Trinajstić information content (AvgIpc) is 1.85. The largest absolute Gasteiger partial charge is 0.412 e. The van der Waals surface area contributed by atoms with Crippen molar-refractivity contribution >= 4 is 0 Å². The molecule has 0 aliphatic heterocycles. The molecule has 1 atom stereocenters. The highest BCUT2D eigenvalue weighted by molar-refractivity contribution is 5.06. The Balaban J connectivity index is 4.03. The van der Waals surface area contributed by atoms with E-state index in [4.69, 9.17) is 0 Å². The summed E-state index contributed by atoms with van der Waals surface area (Å²) in [5.41, 5.74) is -0.612. The second kappa shape index (κ2) is 3.79. The van der Waals surface area contributed by atoms with Crippen LogP contribution in [0.3, 0.4) is 0 Å². The molecule has 66 valence electrons. The Kier molecular flexibility index (Phi) is 3.63. The first-order valence-corrected chi connectivity index (χ1v) is 3.65. The summed E-state index contributed by atoms with van der Waals surface area (Å²) in [6.07, 6.45) is -2.90. The minimum atomic E-state index is -4.21. The first-order valence-electron chi connectivity index (χ1n) is 3.65. The molecule has 0 aliphatic rings. The second-order valence-corrected chi connectivity index (χ2v) is 2.71. The van der Waals surface area contributed by atoms with Crippen molar-refractivity contribution in [2.24, 2.45) is 5.92 Å². The topological polar surface area (TPSA) is 0 Å². The molecule has 0 amide bonds. The van der Waals surface area contributed by atoms with Crippen LogP contribution < -0.4 is 0 Å². The first-order chi connectivity index (χ1) is 4.89. The molecule has 0 spiro atoms. The fourth-order valence-electron chi connectivity index (χ4n) is 0.887. The maximum Gasteiger partial charge on any atom is 0.412 e. The van der Waals surface area contributed by atoms with Gasteiger partial charge in [-0.25, -0.2) is 0 Å². The van der Waals surface area contributed by atoms with Gasteiger partial charge in [-0.15, -0.1) is 0 Å². The number of hydrogen-bond donors (Lipinski definition) is 0. The van der Waals surface area contributed by atoms with Gasteiger partial charge in [0.05, 0.1) is 0 Å². The van der Waals surface area contributed by atoms with E-state index < -0.39 is 17.7 Å². The van der Waals surface area contributed by atoms with Crippen molar-refractivity contribution in [3.05, 3.63) is 12.2 Å². The standard InChI is InChI=1S/C8H13F3/c1-4-5-6(2)7(3)8(9,10)11/h6H,3-5H2,1-2H3. The van der Waals surface area contributed by atoms with Gasteiger partial charge in [-0.2, -0.15) is 13.2 Å². The van der Waals surface area contributed by atoms with E-state index >= 15 is 0 Å². The van der Waals surface area contributed by atoms with Crippen molar-refractivity contribution in [1.82, 2.24) is 0 Å². The third-order valence-electron chi connectivity index (χ3n) is 1.68. The molecule has 0 aliphatic carbocycles. The molecule has 0 heterocycles. The van der Waals surface area contributed by atoms with Gasteiger partial charge in [0.15, 0.2) is 0 Å². The van der Waals surface area contributed by atoms with Crippen LogP contribution >= 0.6 is 0 Å². The van der Waals surface area contributed by atoms with Crippen molar-refractivity contribution in [3.8, 4) is 0 Å². The summed E-state index contributed by atoms with van der Waals surface area (Å²) in [4.78, 5) is 0. The molecule has 0 aromatic rings. The van der Waals surface area contributed by atoms with Crippen molar-refractivity contribution in [2.45, 2.75) is 32.9 Å². The third-order valence-corrected chi connectivity index (χ3v) is 1.68. The zero-order chi connectivity index (χ0) is 9.07. The summed E-state index contributed by atoms with van der Waals surface area (Å²) in [5.74, 6) is -0.444. The predicted octanol–water partition coefficient (Wildman–Crippen LogP) is 3.54. The smallest absolute Gasteiger partial charge is 0.166 e. The molecular weight excluding hydrogens is 153 g/mol. The maximum absolute atomic E-state index is 11.9. The van der Waals surface area contributed by atoms with Gasteiger partial charge in [0.2, 0.25) is 0 Å². The summed E-state index contributed by atoms with van der Waals surface area (Å²) >= 11 is 0. The molecule has 0 rings (SSSR count). The molecule has 0 fully saturated rings. The monoisotopic (exact) mass is 166 g/mol. The van der Waals surface area contributed by atoms with Crippen LogP contribution in [0, 0.1) is 5.92 Å². The number of alkyl halides is 3. The lowest BCUT2D eigenvalue weighted by atomic mass is 9.97. The van der Waals surface area contributed by atoms with Gasteiger partial charge in [-0.1, -0.05) is 26.8 Å². The van der Waals surface area contributed by atoms with Crippen LogP contribution in [-0.4, -0.2) is 6.18 Å². The highest BCUT2D eigenvalue weighted by Crippen LogP contribution is 2.31. The van der Waals surface area contributed by atoms with Gasteiger partial charge >= 0.3 is 6.18 Å². The normalized spacial score (nSPS) is 14.6. The van der Waals surface area contributed by atoms with E-state index in [1.165, 1.54) is 0 Å². The molecule has 0 saturated heterocycles. The van der Waals surface area contributed by atoms with Gasteiger partial charge in [-0.3, -0.25) is 0 Å². The molecule has 0 N–H and O–H groups in total. The van der Waals surface area contributed by atoms with Crippen LogP contribution in [0.5, 0.6) is 0 Å². The first kappa shape index (κ1) is 10.5. The Bertz CT molecular complexity index is 135. The predicted molar refractivity (Wildman–Crippen MR) is 39.3 cm³/mol. The van der Waals surface area contributed by atoms with Gasteiger partial charge in [0.25, 0.3) is 0 Å². The van der Waals surface area contributed by atoms with E-state index in [1.807, 2.05) is 6.92 Å². The summed E-state index contributed by atoms with van der Waals surface area (Å²) in [7, 11) is 0. The van der Waals surface area contributed by atoms with Gasteiger partial charge in [-0.05, 0) is 12.3 Å². The fraction of sp³-hybridized carbons (Fsp3) is 0.750. The lowest BCUT2D eigenvalue weighted by Crippen LogP contribution is -2.16. The number of halogens is 3. The fourth-order valence-corrected chi connectivity index (χ4v) is 0.887. The molecule has 0 bridgehead atoms. The molecule has 0 radical (unpaired) electrons. The van der Waals surface area contributed by atoms with E-state index in [1.54, 1.807) is 6.92 Å². The molecular formula is C8H13F3. The van der Waals surface area contributed by atoms with Gasteiger partial charge in [0.1, 0.15) is 0 Å². The Morgan fingerprint density at radius 3 is 2.18 bits per heavy atom. The zero-order valence-corrected chi connectivity index (χ0v) is 6.83. The Morgan fingerprint density at radius 1 is 1.45 bits per heavy atom. The van der Waals surface area contributed by atoms with Crippen LogP contribution in [-0.2, 0) is 0 Å². The lowest BCUT2D eigenvalue weighted by molar-refractivity contribution is -0.0981. The lowest BCUT2D eigenvalue weighted by Gasteiger charge is -2.16. The highest BCUT2D eigenvalue weighted by Gasteiger charge is 2.34. The molecule has 0 aromatic heterocycles. The van der Waals surface area contributed by atoms with Gasteiger partial charge in [0, 0.05) is 5.57 Å². The van der Waals surface area contributed by atoms with Crippen molar-refractivity contribution in [1.29, 1.82) is 0 Å².